The topological polar surface area (TPSA) is 33.0 Å². The lowest BCUT2D eigenvalue weighted by Gasteiger charge is -2.12. The van der Waals surface area contributed by atoms with E-state index in [2.05, 4.69) is 44.2 Å². The Bertz CT molecular complexity index is 596. The summed E-state index contributed by atoms with van der Waals surface area (Å²) in [4.78, 5) is 0. The number of hydrogen-bond donors (Lipinski definition) is 0. The van der Waals surface area contributed by atoms with Crippen molar-refractivity contribution < 1.29 is 4.74 Å². The summed E-state index contributed by atoms with van der Waals surface area (Å²) < 4.78 is 5.68. The highest BCUT2D eigenvalue weighted by Gasteiger charge is 2.11. The van der Waals surface area contributed by atoms with Gasteiger partial charge < -0.3 is 4.74 Å². The third kappa shape index (κ3) is 4.63. The molecule has 0 aromatic heterocycles. The molecule has 2 aromatic carbocycles. The van der Waals surface area contributed by atoms with Gasteiger partial charge in [0.1, 0.15) is 5.75 Å². The van der Waals surface area contributed by atoms with Crippen LogP contribution >= 0.6 is 0 Å². The van der Waals surface area contributed by atoms with Crippen molar-refractivity contribution in [2.45, 2.75) is 38.5 Å². The molecule has 114 valence electrons. The largest absolute Gasteiger partial charge is 0.494 e. The Kier molecular flexibility index (Phi) is 6.03. The zero-order valence-corrected chi connectivity index (χ0v) is 13.3. The van der Waals surface area contributed by atoms with E-state index in [1.807, 2.05) is 30.3 Å². The summed E-state index contributed by atoms with van der Waals surface area (Å²) >= 11 is 0. The average molecular weight is 293 g/mol. The molecule has 0 amide bonds. The van der Waals surface area contributed by atoms with Crippen LogP contribution in [0, 0.1) is 11.3 Å². The summed E-state index contributed by atoms with van der Waals surface area (Å²) in [7, 11) is 0. The first-order valence-corrected chi connectivity index (χ1v) is 7.88. The van der Waals surface area contributed by atoms with E-state index in [0.29, 0.717) is 12.5 Å². The van der Waals surface area contributed by atoms with E-state index in [4.69, 9.17) is 4.74 Å². The molecule has 1 unspecified atom stereocenters. The Morgan fingerprint density at radius 2 is 1.59 bits per heavy atom. The smallest absolute Gasteiger partial charge is 0.119 e. The molecule has 0 fully saturated rings. The second-order valence-electron chi connectivity index (χ2n) is 5.81. The molecule has 0 spiro atoms. The van der Waals surface area contributed by atoms with Crippen molar-refractivity contribution >= 4 is 0 Å². The van der Waals surface area contributed by atoms with Gasteiger partial charge in [-0.05, 0) is 42.0 Å². The van der Waals surface area contributed by atoms with Gasteiger partial charge in [-0.3, -0.25) is 0 Å². The van der Waals surface area contributed by atoms with E-state index in [1.165, 1.54) is 5.56 Å². The highest BCUT2D eigenvalue weighted by atomic mass is 16.5. The van der Waals surface area contributed by atoms with Crippen molar-refractivity contribution in [2.24, 2.45) is 0 Å². The maximum atomic E-state index is 9.38. The lowest BCUT2D eigenvalue weighted by atomic mass is 9.93. The van der Waals surface area contributed by atoms with Gasteiger partial charge in [0.15, 0.2) is 0 Å². The van der Waals surface area contributed by atoms with Crippen LogP contribution in [0.5, 0.6) is 5.75 Å². The molecule has 1 atom stereocenters. The van der Waals surface area contributed by atoms with Gasteiger partial charge in [0.05, 0.1) is 18.6 Å². The molecule has 2 rings (SSSR count). The summed E-state index contributed by atoms with van der Waals surface area (Å²) in [5.74, 6) is 1.35. The molecular formula is C20H23NO. The highest BCUT2D eigenvalue weighted by molar-refractivity contribution is 5.30. The summed E-state index contributed by atoms with van der Waals surface area (Å²) in [5.41, 5.74) is 2.42. The Balaban J connectivity index is 1.83. The van der Waals surface area contributed by atoms with E-state index in [0.717, 1.165) is 24.2 Å². The molecule has 0 saturated heterocycles. The van der Waals surface area contributed by atoms with E-state index >= 15 is 0 Å². The Hall–Kier alpha value is -2.27. The van der Waals surface area contributed by atoms with Gasteiger partial charge in [-0.2, -0.15) is 5.26 Å². The third-order valence-electron chi connectivity index (χ3n) is 3.81. The van der Waals surface area contributed by atoms with Crippen molar-refractivity contribution in [3.63, 3.8) is 0 Å². The molecule has 2 nitrogen and oxygen atoms in total. The summed E-state index contributed by atoms with van der Waals surface area (Å²) in [6.07, 6.45) is 1.70. The SMILES string of the molecule is CC(C)c1ccc(C(C#N)CCCOc2ccccc2)cc1. The summed E-state index contributed by atoms with van der Waals surface area (Å²) in [6, 6.07) is 20.6. The molecule has 0 bridgehead atoms. The molecule has 0 aliphatic heterocycles. The molecule has 2 heteroatoms. The van der Waals surface area contributed by atoms with Crippen LogP contribution in [-0.2, 0) is 0 Å². The molecule has 0 radical (unpaired) electrons. The van der Waals surface area contributed by atoms with Crippen LogP contribution in [0.4, 0.5) is 0 Å². The number of para-hydroxylation sites is 1. The quantitative estimate of drug-likeness (QED) is 0.651. The fraction of sp³-hybridized carbons (Fsp3) is 0.350. The van der Waals surface area contributed by atoms with Crippen LogP contribution in [0.1, 0.15) is 49.7 Å². The minimum atomic E-state index is -0.0550. The fourth-order valence-electron chi connectivity index (χ4n) is 2.41. The van der Waals surface area contributed by atoms with Gasteiger partial charge in [0, 0.05) is 0 Å². The Morgan fingerprint density at radius 1 is 0.955 bits per heavy atom. The first-order valence-electron chi connectivity index (χ1n) is 7.88. The van der Waals surface area contributed by atoms with E-state index < -0.39 is 0 Å². The molecule has 0 aliphatic rings. The van der Waals surface area contributed by atoms with E-state index in [9.17, 15) is 5.26 Å². The molecule has 0 saturated carbocycles. The molecule has 22 heavy (non-hydrogen) atoms. The first-order chi connectivity index (χ1) is 10.7. The first kappa shape index (κ1) is 16.1. The molecule has 0 aliphatic carbocycles. The number of nitriles is 1. The van der Waals surface area contributed by atoms with Crippen molar-refractivity contribution in [2.75, 3.05) is 6.61 Å². The summed E-state index contributed by atoms with van der Waals surface area (Å²) in [6.45, 7) is 5.00. The van der Waals surface area contributed by atoms with Crippen LogP contribution in [0.2, 0.25) is 0 Å². The van der Waals surface area contributed by atoms with Crippen molar-refractivity contribution in [3.8, 4) is 11.8 Å². The maximum Gasteiger partial charge on any atom is 0.119 e. The zero-order chi connectivity index (χ0) is 15.8. The fourth-order valence-corrected chi connectivity index (χ4v) is 2.41. The van der Waals surface area contributed by atoms with Crippen molar-refractivity contribution in [3.05, 3.63) is 65.7 Å². The lowest BCUT2D eigenvalue weighted by molar-refractivity contribution is 0.305. The second kappa shape index (κ2) is 8.24. The predicted octanol–water partition coefficient (Wildman–Crippen LogP) is 5.28. The minimum absolute atomic E-state index is 0.0550. The number of nitrogens with zero attached hydrogens (tertiary/aromatic N) is 1. The second-order valence-corrected chi connectivity index (χ2v) is 5.81. The number of ether oxygens (including phenoxy) is 1. The molecule has 0 heterocycles. The van der Waals surface area contributed by atoms with Crippen LogP contribution < -0.4 is 4.74 Å². The zero-order valence-electron chi connectivity index (χ0n) is 13.3. The maximum absolute atomic E-state index is 9.38. The number of rotatable bonds is 7. The summed E-state index contributed by atoms with van der Waals surface area (Å²) in [5, 5.41) is 9.38. The molecule has 2 aromatic rings. The number of hydrogen-bond acceptors (Lipinski definition) is 2. The molecule has 0 N–H and O–H groups in total. The van der Waals surface area contributed by atoms with Crippen LogP contribution in [-0.4, -0.2) is 6.61 Å². The minimum Gasteiger partial charge on any atom is -0.494 e. The van der Waals surface area contributed by atoms with E-state index in [-0.39, 0.29) is 5.92 Å². The van der Waals surface area contributed by atoms with Gasteiger partial charge in [-0.25, -0.2) is 0 Å². The van der Waals surface area contributed by atoms with Crippen LogP contribution in [0.3, 0.4) is 0 Å². The average Bonchev–Trinajstić information content (AvgIpc) is 2.56. The van der Waals surface area contributed by atoms with Crippen molar-refractivity contribution in [1.29, 1.82) is 5.26 Å². The van der Waals surface area contributed by atoms with Gasteiger partial charge in [0.25, 0.3) is 0 Å². The van der Waals surface area contributed by atoms with Gasteiger partial charge in [0.2, 0.25) is 0 Å². The molecular weight excluding hydrogens is 270 g/mol. The van der Waals surface area contributed by atoms with Gasteiger partial charge >= 0.3 is 0 Å². The monoisotopic (exact) mass is 293 g/mol. The predicted molar refractivity (Wildman–Crippen MR) is 90.1 cm³/mol. The highest BCUT2D eigenvalue weighted by Crippen LogP contribution is 2.23. The van der Waals surface area contributed by atoms with Gasteiger partial charge in [-0.15, -0.1) is 0 Å². The normalized spacial score (nSPS) is 11.9. The standard InChI is InChI=1S/C20H23NO/c1-16(2)17-10-12-18(13-11-17)19(15-21)7-6-14-22-20-8-4-3-5-9-20/h3-5,8-13,16,19H,6-7,14H2,1-2H3. The van der Waals surface area contributed by atoms with Gasteiger partial charge in [-0.1, -0.05) is 56.3 Å². The number of benzene rings is 2. The van der Waals surface area contributed by atoms with Crippen molar-refractivity contribution in [1.82, 2.24) is 0 Å². The van der Waals surface area contributed by atoms with Crippen LogP contribution in [0.25, 0.3) is 0 Å². The van der Waals surface area contributed by atoms with Crippen LogP contribution in [0.15, 0.2) is 54.6 Å². The van der Waals surface area contributed by atoms with E-state index in [1.54, 1.807) is 0 Å². The lowest BCUT2D eigenvalue weighted by Crippen LogP contribution is -2.02. The Morgan fingerprint density at radius 3 is 2.18 bits per heavy atom. The third-order valence-corrected chi connectivity index (χ3v) is 3.81. The Labute approximate surface area is 133 Å².